The lowest BCUT2D eigenvalue weighted by Crippen LogP contribution is -2.10. The summed E-state index contributed by atoms with van der Waals surface area (Å²) in [5.74, 6) is 1.28. The molecule has 0 N–H and O–H groups in total. The molecule has 0 aliphatic carbocycles. The third-order valence-corrected chi connectivity index (χ3v) is 4.48. The first-order valence-corrected chi connectivity index (χ1v) is 9.47. The molecule has 0 atom stereocenters. The summed E-state index contributed by atoms with van der Waals surface area (Å²) in [5.41, 5.74) is 0.596. The summed E-state index contributed by atoms with van der Waals surface area (Å²) in [6.45, 7) is 0. The van der Waals surface area contributed by atoms with E-state index < -0.39 is 11.9 Å². The van der Waals surface area contributed by atoms with Crippen molar-refractivity contribution in [1.82, 2.24) is 0 Å². The van der Waals surface area contributed by atoms with E-state index in [1.165, 1.54) is 64.8 Å². The van der Waals surface area contributed by atoms with Crippen molar-refractivity contribution in [2.45, 2.75) is 0 Å². The Labute approximate surface area is 185 Å². The minimum absolute atomic E-state index is 0.288. The molecule has 0 unspecified atom stereocenters. The van der Waals surface area contributed by atoms with Crippen LogP contribution < -0.4 is 28.4 Å². The van der Waals surface area contributed by atoms with Crippen LogP contribution in [0.15, 0.2) is 60.7 Å². The smallest absolute Gasteiger partial charge is 0.343 e. The lowest BCUT2D eigenvalue weighted by atomic mass is 10.2. The van der Waals surface area contributed by atoms with E-state index in [0.717, 1.165) is 0 Å². The highest BCUT2D eigenvalue weighted by atomic mass is 16.5. The molecular formula is C24H22O8. The molecule has 3 aromatic rings. The van der Waals surface area contributed by atoms with Crippen molar-refractivity contribution in [2.75, 3.05) is 28.4 Å². The molecule has 166 valence electrons. The molecular weight excluding hydrogens is 416 g/mol. The normalized spacial score (nSPS) is 10.1. The Bertz CT molecular complexity index is 1020. The van der Waals surface area contributed by atoms with Gasteiger partial charge in [-0.3, -0.25) is 0 Å². The summed E-state index contributed by atoms with van der Waals surface area (Å²) in [6, 6.07) is 15.5. The maximum Gasteiger partial charge on any atom is 0.343 e. The second-order valence-electron chi connectivity index (χ2n) is 6.39. The van der Waals surface area contributed by atoms with Crippen LogP contribution in [-0.2, 0) is 0 Å². The van der Waals surface area contributed by atoms with Gasteiger partial charge in [-0.05, 0) is 60.7 Å². The summed E-state index contributed by atoms with van der Waals surface area (Å²) < 4.78 is 31.4. The van der Waals surface area contributed by atoms with Crippen molar-refractivity contribution in [2.24, 2.45) is 0 Å². The zero-order valence-corrected chi connectivity index (χ0v) is 18.0. The molecule has 0 spiro atoms. The Morgan fingerprint density at radius 1 is 0.500 bits per heavy atom. The summed E-state index contributed by atoms with van der Waals surface area (Å²) in [5, 5.41) is 0. The van der Waals surface area contributed by atoms with Crippen LogP contribution in [0.1, 0.15) is 20.7 Å². The van der Waals surface area contributed by atoms with Crippen LogP contribution in [0.4, 0.5) is 0 Å². The number of benzene rings is 3. The van der Waals surface area contributed by atoms with Gasteiger partial charge >= 0.3 is 11.9 Å². The summed E-state index contributed by atoms with van der Waals surface area (Å²) in [7, 11) is 5.98. The fourth-order valence-corrected chi connectivity index (χ4v) is 2.83. The molecule has 0 heterocycles. The first-order valence-electron chi connectivity index (χ1n) is 9.47. The van der Waals surface area contributed by atoms with Crippen LogP contribution in [0.3, 0.4) is 0 Å². The van der Waals surface area contributed by atoms with E-state index in [4.69, 9.17) is 28.4 Å². The number of esters is 2. The highest BCUT2D eigenvalue weighted by Crippen LogP contribution is 2.29. The number of hydrogen-bond donors (Lipinski definition) is 0. The molecule has 32 heavy (non-hydrogen) atoms. The van der Waals surface area contributed by atoms with E-state index in [1.54, 1.807) is 24.3 Å². The maximum absolute atomic E-state index is 12.4. The molecule has 8 heteroatoms. The van der Waals surface area contributed by atoms with Gasteiger partial charge in [-0.15, -0.1) is 0 Å². The SMILES string of the molecule is COc1ccc(C(=O)Oc2ccc(OC(=O)c3ccc(OC)c(OC)c3)cc2)cc1OC. The summed E-state index contributed by atoms with van der Waals surface area (Å²) >= 11 is 0. The van der Waals surface area contributed by atoms with Gasteiger partial charge in [0.2, 0.25) is 0 Å². The van der Waals surface area contributed by atoms with Crippen LogP contribution in [0.25, 0.3) is 0 Å². The molecule has 0 radical (unpaired) electrons. The number of carbonyl (C=O) groups is 2. The molecule has 0 aromatic heterocycles. The predicted molar refractivity (Wildman–Crippen MR) is 115 cm³/mol. The van der Waals surface area contributed by atoms with Gasteiger partial charge in [0, 0.05) is 0 Å². The molecule has 0 saturated carbocycles. The topological polar surface area (TPSA) is 89.5 Å². The highest BCUT2D eigenvalue weighted by molar-refractivity contribution is 5.92. The van der Waals surface area contributed by atoms with Gasteiger partial charge in [0.1, 0.15) is 11.5 Å². The van der Waals surface area contributed by atoms with Crippen LogP contribution in [-0.4, -0.2) is 40.4 Å². The van der Waals surface area contributed by atoms with E-state index in [1.807, 2.05) is 0 Å². The third kappa shape index (κ3) is 5.10. The van der Waals surface area contributed by atoms with Crippen molar-refractivity contribution < 1.29 is 38.0 Å². The summed E-state index contributed by atoms with van der Waals surface area (Å²) in [6.07, 6.45) is 0. The van der Waals surface area contributed by atoms with Crippen LogP contribution >= 0.6 is 0 Å². The zero-order valence-electron chi connectivity index (χ0n) is 18.0. The lowest BCUT2D eigenvalue weighted by Gasteiger charge is -2.10. The Morgan fingerprint density at radius 3 is 1.16 bits per heavy atom. The fraction of sp³-hybridized carbons (Fsp3) is 0.167. The number of hydrogen-bond acceptors (Lipinski definition) is 8. The predicted octanol–water partition coefficient (Wildman–Crippen LogP) is 4.16. The van der Waals surface area contributed by atoms with E-state index in [9.17, 15) is 9.59 Å². The Hall–Kier alpha value is -4.20. The van der Waals surface area contributed by atoms with Gasteiger partial charge in [-0.1, -0.05) is 0 Å². The molecule has 3 aromatic carbocycles. The third-order valence-electron chi connectivity index (χ3n) is 4.48. The van der Waals surface area contributed by atoms with Gasteiger partial charge in [0.25, 0.3) is 0 Å². The monoisotopic (exact) mass is 438 g/mol. The largest absolute Gasteiger partial charge is 0.493 e. The number of methoxy groups -OCH3 is 4. The van der Waals surface area contributed by atoms with Crippen molar-refractivity contribution in [1.29, 1.82) is 0 Å². The summed E-state index contributed by atoms with van der Waals surface area (Å²) in [4.78, 5) is 24.8. The van der Waals surface area contributed by atoms with Crippen LogP contribution in [0, 0.1) is 0 Å². The van der Waals surface area contributed by atoms with Crippen molar-refractivity contribution >= 4 is 11.9 Å². The van der Waals surface area contributed by atoms with Crippen molar-refractivity contribution in [3.63, 3.8) is 0 Å². The second-order valence-corrected chi connectivity index (χ2v) is 6.39. The molecule has 0 fully saturated rings. The van der Waals surface area contributed by atoms with E-state index in [2.05, 4.69) is 0 Å². The second kappa shape index (κ2) is 10.2. The maximum atomic E-state index is 12.4. The van der Waals surface area contributed by atoms with Crippen molar-refractivity contribution in [3.05, 3.63) is 71.8 Å². The minimum atomic E-state index is -0.568. The van der Waals surface area contributed by atoms with Gasteiger partial charge in [-0.25, -0.2) is 9.59 Å². The standard InChI is InChI=1S/C24H22O8/c1-27-19-11-5-15(13-21(19)29-3)23(25)31-17-7-9-18(10-8-17)32-24(26)16-6-12-20(28-2)22(14-16)30-4/h5-14H,1-4H3. The minimum Gasteiger partial charge on any atom is -0.493 e. The molecule has 0 aliphatic heterocycles. The highest BCUT2D eigenvalue weighted by Gasteiger charge is 2.15. The fourth-order valence-electron chi connectivity index (χ4n) is 2.83. The molecule has 0 bridgehead atoms. The average molecular weight is 438 g/mol. The van der Waals surface area contributed by atoms with Crippen LogP contribution in [0.5, 0.6) is 34.5 Å². The zero-order chi connectivity index (χ0) is 23.1. The molecule has 0 amide bonds. The molecule has 8 nitrogen and oxygen atoms in total. The van der Waals surface area contributed by atoms with Gasteiger partial charge in [0.15, 0.2) is 23.0 Å². The quantitative estimate of drug-likeness (QED) is 0.383. The first-order chi connectivity index (χ1) is 15.5. The van der Waals surface area contributed by atoms with E-state index >= 15 is 0 Å². The molecule has 0 saturated heterocycles. The number of ether oxygens (including phenoxy) is 6. The average Bonchev–Trinajstić information content (AvgIpc) is 2.84. The van der Waals surface area contributed by atoms with E-state index in [-0.39, 0.29) is 11.5 Å². The number of rotatable bonds is 8. The Morgan fingerprint density at radius 2 is 0.844 bits per heavy atom. The van der Waals surface area contributed by atoms with Gasteiger partial charge in [0.05, 0.1) is 39.6 Å². The van der Waals surface area contributed by atoms with Crippen molar-refractivity contribution in [3.8, 4) is 34.5 Å². The first kappa shape index (κ1) is 22.5. The lowest BCUT2D eigenvalue weighted by molar-refractivity contribution is 0.0719. The Kier molecular flexibility index (Phi) is 7.17. The van der Waals surface area contributed by atoms with E-state index in [0.29, 0.717) is 34.1 Å². The molecule has 3 rings (SSSR count). The molecule has 0 aliphatic rings. The van der Waals surface area contributed by atoms with Crippen LogP contribution in [0.2, 0.25) is 0 Å². The Balaban J connectivity index is 1.66. The number of carbonyl (C=O) groups excluding carboxylic acids is 2. The van der Waals surface area contributed by atoms with Gasteiger partial charge in [-0.2, -0.15) is 0 Å². The van der Waals surface area contributed by atoms with Gasteiger partial charge < -0.3 is 28.4 Å².